The second-order valence-electron chi connectivity index (χ2n) is 5.10. The lowest BCUT2D eigenvalue weighted by Crippen LogP contribution is -2.37. The van der Waals surface area contributed by atoms with Crippen LogP contribution in [-0.2, 0) is 0 Å². The number of carbonyl (C=O) groups excluding carboxylic acids is 3. The van der Waals surface area contributed by atoms with Crippen molar-refractivity contribution in [2.24, 2.45) is 5.73 Å². The van der Waals surface area contributed by atoms with Gasteiger partial charge in [0.05, 0.1) is 0 Å². The van der Waals surface area contributed by atoms with Gasteiger partial charge in [-0.15, -0.1) is 0 Å². The Balaban J connectivity index is 2.17. The number of nitrogens with two attached hydrogens (primary N) is 1. The van der Waals surface area contributed by atoms with Crippen molar-refractivity contribution in [1.29, 1.82) is 0 Å². The number of hydrogen-bond acceptors (Lipinski definition) is 3. The minimum Gasteiger partial charge on any atom is -0.351 e. The number of aryl methyl sites for hydroxylation is 1. The molecule has 118 valence electrons. The van der Waals surface area contributed by atoms with Gasteiger partial charge in [-0.25, -0.2) is 4.79 Å². The molecule has 0 bridgehead atoms. The summed E-state index contributed by atoms with van der Waals surface area (Å²) < 4.78 is 0. The summed E-state index contributed by atoms with van der Waals surface area (Å²) in [5.74, 6) is -0.818. The van der Waals surface area contributed by atoms with Crippen LogP contribution in [0.15, 0.2) is 48.5 Å². The molecule has 2 aromatic carbocycles. The van der Waals surface area contributed by atoms with E-state index in [0.717, 1.165) is 10.5 Å². The smallest absolute Gasteiger partial charge is 0.321 e. The van der Waals surface area contributed by atoms with Crippen molar-refractivity contribution in [2.45, 2.75) is 6.92 Å². The summed E-state index contributed by atoms with van der Waals surface area (Å²) in [6.45, 7) is 1.94. The molecular formula is C17H17N3O3. The highest BCUT2D eigenvalue weighted by Gasteiger charge is 2.16. The van der Waals surface area contributed by atoms with Crippen molar-refractivity contribution in [2.75, 3.05) is 12.4 Å². The van der Waals surface area contributed by atoms with Gasteiger partial charge in [-0.1, -0.05) is 23.8 Å². The van der Waals surface area contributed by atoms with Crippen molar-refractivity contribution >= 4 is 23.5 Å². The first-order chi connectivity index (χ1) is 10.9. The minimum atomic E-state index is -0.843. The first kappa shape index (κ1) is 16.2. The number of amides is 4. The predicted molar refractivity (Wildman–Crippen MR) is 87.3 cm³/mol. The molecule has 4 amide bonds. The van der Waals surface area contributed by atoms with Crippen LogP contribution in [0.5, 0.6) is 0 Å². The molecule has 0 aliphatic heterocycles. The summed E-state index contributed by atoms with van der Waals surface area (Å²) in [4.78, 5) is 36.1. The highest BCUT2D eigenvalue weighted by Crippen LogP contribution is 2.14. The molecule has 0 aliphatic rings. The predicted octanol–water partition coefficient (Wildman–Crippen LogP) is 2.40. The number of nitrogens with zero attached hydrogens (tertiary/aromatic N) is 1. The zero-order valence-electron chi connectivity index (χ0n) is 12.9. The molecule has 0 aliphatic carbocycles. The number of primary amides is 1. The van der Waals surface area contributed by atoms with Crippen LogP contribution in [0.25, 0.3) is 0 Å². The second kappa shape index (κ2) is 6.74. The summed E-state index contributed by atoms with van der Waals surface area (Å²) in [5.41, 5.74) is 7.37. The maximum Gasteiger partial charge on any atom is 0.321 e. The molecule has 0 atom stereocenters. The summed E-state index contributed by atoms with van der Waals surface area (Å²) >= 11 is 0. The lowest BCUT2D eigenvalue weighted by Gasteiger charge is -2.13. The SMILES string of the molecule is Cc1ccc(C(=O)Nc2cccc(C(=O)N(C)C(N)=O)c2)cc1. The Bertz CT molecular complexity index is 754. The van der Waals surface area contributed by atoms with E-state index in [2.05, 4.69) is 5.32 Å². The van der Waals surface area contributed by atoms with E-state index in [4.69, 9.17) is 5.73 Å². The Kier molecular flexibility index (Phi) is 4.75. The maximum atomic E-state index is 12.2. The van der Waals surface area contributed by atoms with Gasteiger partial charge in [-0.05, 0) is 37.3 Å². The van der Waals surface area contributed by atoms with Gasteiger partial charge >= 0.3 is 6.03 Å². The number of benzene rings is 2. The van der Waals surface area contributed by atoms with Gasteiger partial charge in [0.1, 0.15) is 0 Å². The molecule has 6 heteroatoms. The topological polar surface area (TPSA) is 92.5 Å². The van der Waals surface area contributed by atoms with Crippen LogP contribution in [0.4, 0.5) is 10.5 Å². The van der Waals surface area contributed by atoms with Crippen LogP contribution in [-0.4, -0.2) is 29.8 Å². The first-order valence-corrected chi connectivity index (χ1v) is 6.94. The molecular weight excluding hydrogens is 294 g/mol. The third kappa shape index (κ3) is 3.94. The Labute approximate surface area is 133 Å². The molecule has 0 unspecified atom stereocenters. The van der Waals surface area contributed by atoms with Crippen molar-refractivity contribution in [3.8, 4) is 0 Å². The lowest BCUT2D eigenvalue weighted by molar-refractivity contribution is 0.0837. The number of rotatable bonds is 3. The van der Waals surface area contributed by atoms with Gasteiger partial charge in [0.2, 0.25) is 0 Å². The average molecular weight is 311 g/mol. The van der Waals surface area contributed by atoms with Crippen molar-refractivity contribution < 1.29 is 14.4 Å². The van der Waals surface area contributed by atoms with E-state index in [0.29, 0.717) is 11.3 Å². The Hall–Kier alpha value is -3.15. The normalized spacial score (nSPS) is 10.0. The highest BCUT2D eigenvalue weighted by molar-refractivity contribution is 6.06. The number of imide groups is 1. The number of urea groups is 1. The fourth-order valence-corrected chi connectivity index (χ4v) is 1.93. The van der Waals surface area contributed by atoms with Gasteiger partial charge in [-0.2, -0.15) is 0 Å². The van der Waals surface area contributed by atoms with Gasteiger partial charge in [-0.3, -0.25) is 14.5 Å². The average Bonchev–Trinajstić information content (AvgIpc) is 2.54. The molecule has 3 N–H and O–H groups in total. The maximum absolute atomic E-state index is 12.2. The number of anilines is 1. The van der Waals surface area contributed by atoms with Crippen molar-refractivity contribution in [1.82, 2.24) is 4.90 Å². The van der Waals surface area contributed by atoms with Crippen LogP contribution in [0, 0.1) is 6.92 Å². The van der Waals surface area contributed by atoms with Crippen LogP contribution in [0.2, 0.25) is 0 Å². The quantitative estimate of drug-likeness (QED) is 0.911. The Morgan fingerprint density at radius 1 is 1.00 bits per heavy atom. The monoisotopic (exact) mass is 311 g/mol. The van der Waals surface area contributed by atoms with E-state index < -0.39 is 11.9 Å². The van der Waals surface area contributed by atoms with Gasteiger partial charge < -0.3 is 11.1 Å². The van der Waals surface area contributed by atoms with Crippen LogP contribution < -0.4 is 11.1 Å². The fraction of sp³-hybridized carbons (Fsp3) is 0.118. The first-order valence-electron chi connectivity index (χ1n) is 6.94. The molecule has 0 saturated carbocycles. The van der Waals surface area contributed by atoms with E-state index in [1.807, 2.05) is 19.1 Å². The summed E-state index contributed by atoms with van der Waals surface area (Å²) in [7, 11) is 1.29. The van der Waals surface area contributed by atoms with E-state index in [1.165, 1.54) is 13.1 Å². The molecule has 0 heterocycles. The molecule has 6 nitrogen and oxygen atoms in total. The minimum absolute atomic E-state index is 0.257. The molecule has 23 heavy (non-hydrogen) atoms. The zero-order valence-corrected chi connectivity index (χ0v) is 12.9. The molecule has 0 spiro atoms. The van der Waals surface area contributed by atoms with E-state index in [-0.39, 0.29) is 11.5 Å². The molecule has 0 aromatic heterocycles. The molecule has 2 aromatic rings. The van der Waals surface area contributed by atoms with E-state index in [1.54, 1.807) is 30.3 Å². The van der Waals surface area contributed by atoms with Crippen molar-refractivity contribution in [3.05, 3.63) is 65.2 Å². The lowest BCUT2D eigenvalue weighted by atomic mass is 10.1. The third-order valence-corrected chi connectivity index (χ3v) is 3.32. The highest BCUT2D eigenvalue weighted by atomic mass is 16.2. The van der Waals surface area contributed by atoms with Gasteiger partial charge in [0, 0.05) is 23.9 Å². The van der Waals surface area contributed by atoms with Gasteiger partial charge in [0.15, 0.2) is 0 Å². The van der Waals surface area contributed by atoms with E-state index >= 15 is 0 Å². The van der Waals surface area contributed by atoms with E-state index in [9.17, 15) is 14.4 Å². The van der Waals surface area contributed by atoms with Crippen LogP contribution >= 0.6 is 0 Å². The molecule has 0 saturated heterocycles. The summed E-state index contributed by atoms with van der Waals surface area (Å²) in [6.07, 6.45) is 0. The molecule has 2 rings (SSSR count). The zero-order chi connectivity index (χ0) is 17.0. The molecule has 0 radical (unpaired) electrons. The summed E-state index contributed by atoms with van der Waals surface area (Å²) in [5, 5.41) is 2.72. The Morgan fingerprint density at radius 2 is 1.65 bits per heavy atom. The third-order valence-electron chi connectivity index (χ3n) is 3.32. The molecule has 0 fully saturated rings. The van der Waals surface area contributed by atoms with Crippen molar-refractivity contribution in [3.63, 3.8) is 0 Å². The standard InChI is InChI=1S/C17H17N3O3/c1-11-6-8-12(9-7-11)15(21)19-14-5-3-4-13(10-14)16(22)20(2)17(18)23/h3-10H,1-2H3,(H2,18,23)(H,19,21). The number of carbonyl (C=O) groups is 3. The summed E-state index contributed by atoms with van der Waals surface area (Å²) in [6, 6.07) is 12.6. The second-order valence-corrected chi connectivity index (χ2v) is 5.10. The fourth-order valence-electron chi connectivity index (χ4n) is 1.93. The largest absolute Gasteiger partial charge is 0.351 e. The Morgan fingerprint density at radius 3 is 2.26 bits per heavy atom. The number of nitrogens with one attached hydrogen (secondary N) is 1. The van der Waals surface area contributed by atoms with Crippen LogP contribution in [0.1, 0.15) is 26.3 Å². The van der Waals surface area contributed by atoms with Crippen LogP contribution in [0.3, 0.4) is 0 Å². The number of hydrogen-bond donors (Lipinski definition) is 2. The van der Waals surface area contributed by atoms with Gasteiger partial charge in [0.25, 0.3) is 11.8 Å².